The van der Waals surface area contributed by atoms with Crippen LogP contribution in [0.2, 0.25) is 0 Å². The number of hydrogen-bond donors (Lipinski definition) is 1. The number of ketones is 1. The Bertz CT molecular complexity index is 904. The van der Waals surface area contributed by atoms with Crippen LogP contribution in [0.15, 0.2) is 47.4 Å². The number of aliphatic hydroxyl groups excluding tert-OH is 1. The molecule has 29 heavy (non-hydrogen) atoms. The van der Waals surface area contributed by atoms with Crippen molar-refractivity contribution in [2.75, 3.05) is 20.3 Å². The van der Waals surface area contributed by atoms with Gasteiger partial charge < -0.3 is 19.5 Å². The molecule has 0 aliphatic carbocycles. The Morgan fingerprint density at radius 3 is 2.69 bits per heavy atom. The molecule has 1 aliphatic heterocycles. The van der Waals surface area contributed by atoms with Gasteiger partial charge in [-0.25, -0.2) is 0 Å². The van der Waals surface area contributed by atoms with Crippen LogP contribution in [-0.4, -0.2) is 48.1 Å². The van der Waals surface area contributed by atoms with Crippen LogP contribution in [0.25, 0.3) is 5.76 Å². The van der Waals surface area contributed by atoms with Crippen molar-refractivity contribution in [3.8, 4) is 5.75 Å². The van der Waals surface area contributed by atoms with E-state index in [-0.39, 0.29) is 17.4 Å². The molecule has 2 aromatic rings. The molecule has 7 heteroatoms. The summed E-state index contributed by atoms with van der Waals surface area (Å²) in [6.45, 7) is 4.67. The molecule has 0 bridgehead atoms. The lowest BCUT2D eigenvalue weighted by molar-refractivity contribution is -0.140. The highest BCUT2D eigenvalue weighted by Crippen LogP contribution is 2.41. The highest BCUT2D eigenvalue weighted by molar-refractivity contribution is 7.10. The van der Waals surface area contributed by atoms with Crippen molar-refractivity contribution >= 4 is 28.8 Å². The van der Waals surface area contributed by atoms with E-state index in [9.17, 15) is 14.7 Å². The summed E-state index contributed by atoms with van der Waals surface area (Å²) in [6.07, 6.45) is 0.577. The number of thiophene rings is 1. The number of Topliss-reactive ketones (excluding diaryl/α,β-unsaturated/α-hetero) is 1. The summed E-state index contributed by atoms with van der Waals surface area (Å²) in [6, 6.07) is 10.0. The van der Waals surface area contributed by atoms with Gasteiger partial charge in [0.15, 0.2) is 0 Å². The summed E-state index contributed by atoms with van der Waals surface area (Å²) in [4.78, 5) is 28.0. The maximum absolute atomic E-state index is 12.9. The molecule has 154 valence electrons. The van der Waals surface area contributed by atoms with Crippen LogP contribution in [0.3, 0.4) is 0 Å². The van der Waals surface area contributed by atoms with Crippen LogP contribution in [0.4, 0.5) is 0 Å². The largest absolute Gasteiger partial charge is 0.507 e. The molecule has 0 spiro atoms. The minimum Gasteiger partial charge on any atom is -0.507 e. The van der Waals surface area contributed by atoms with E-state index in [1.54, 1.807) is 31.4 Å². The van der Waals surface area contributed by atoms with Gasteiger partial charge in [-0.05, 0) is 43.8 Å². The van der Waals surface area contributed by atoms with Crippen molar-refractivity contribution in [2.24, 2.45) is 0 Å². The Balaban J connectivity index is 2.04. The van der Waals surface area contributed by atoms with E-state index in [1.165, 1.54) is 16.2 Å². The number of benzene rings is 1. The molecule has 1 N–H and O–H groups in total. The van der Waals surface area contributed by atoms with Crippen LogP contribution in [0.5, 0.6) is 5.75 Å². The van der Waals surface area contributed by atoms with Gasteiger partial charge in [-0.3, -0.25) is 9.59 Å². The van der Waals surface area contributed by atoms with Gasteiger partial charge in [-0.15, -0.1) is 11.3 Å². The predicted octanol–water partition coefficient (Wildman–Crippen LogP) is 3.99. The number of carbonyl (C=O) groups excluding carboxylic acids is 2. The van der Waals surface area contributed by atoms with Gasteiger partial charge >= 0.3 is 0 Å². The molecular formula is C22H25NO5S. The van der Waals surface area contributed by atoms with Gasteiger partial charge in [0.2, 0.25) is 0 Å². The van der Waals surface area contributed by atoms with Gasteiger partial charge in [0.1, 0.15) is 11.5 Å². The van der Waals surface area contributed by atoms with Crippen LogP contribution < -0.4 is 4.74 Å². The van der Waals surface area contributed by atoms with E-state index in [2.05, 4.69) is 0 Å². The topological polar surface area (TPSA) is 76.1 Å². The van der Waals surface area contributed by atoms with Crippen LogP contribution in [0, 0.1) is 0 Å². The maximum Gasteiger partial charge on any atom is 0.295 e. The lowest BCUT2D eigenvalue weighted by atomic mass is 9.99. The number of likely N-dealkylation sites (tertiary alicyclic amines) is 1. The van der Waals surface area contributed by atoms with Crippen LogP contribution in [-0.2, 0) is 14.3 Å². The second-order valence-corrected chi connectivity index (χ2v) is 8.03. The average molecular weight is 416 g/mol. The number of hydrogen-bond acceptors (Lipinski definition) is 6. The minimum atomic E-state index is -0.673. The van der Waals surface area contributed by atoms with Crippen LogP contribution >= 0.6 is 11.3 Å². The molecule has 1 aromatic heterocycles. The molecule has 6 nitrogen and oxygen atoms in total. The maximum atomic E-state index is 12.9. The number of amides is 1. The second kappa shape index (κ2) is 9.24. The van der Waals surface area contributed by atoms with E-state index < -0.39 is 17.7 Å². The summed E-state index contributed by atoms with van der Waals surface area (Å²) in [5.74, 6) is -0.875. The highest BCUT2D eigenvalue weighted by atomic mass is 32.1. The van der Waals surface area contributed by atoms with E-state index >= 15 is 0 Å². The van der Waals surface area contributed by atoms with Crippen molar-refractivity contribution < 1.29 is 24.2 Å². The van der Waals surface area contributed by atoms with Gasteiger partial charge in [0, 0.05) is 30.7 Å². The first-order valence-corrected chi connectivity index (χ1v) is 10.4. The molecule has 1 aromatic carbocycles. The number of rotatable bonds is 8. The first-order valence-electron chi connectivity index (χ1n) is 9.52. The number of aliphatic hydroxyl groups is 1. The van der Waals surface area contributed by atoms with Gasteiger partial charge in [0.05, 0.1) is 17.7 Å². The number of carbonyl (C=O) groups is 2. The molecule has 2 heterocycles. The molecule has 1 unspecified atom stereocenters. The fourth-order valence-electron chi connectivity index (χ4n) is 3.38. The normalized spacial score (nSPS) is 18.6. The minimum absolute atomic E-state index is 0.0233. The molecule has 1 amide bonds. The Morgan fingerprint density at radius 1 is 1.24 bits per heavy atom. The predicted molar refractivity (Wildman–Crippen MR) is 112 cm³/mol. The summed E-state index contributed by atoms with van der Waals surface area (Å²) in [5, 5.41) is 12.9. The Labute approximate surface area is 174 Å². The Hall–Kier alpha value is -2.64. The SMILES string of the molecule is COCCCN1C(=O)C(=O)/C(=C(\O)c2cccc(OC(C)C)c2)C1c1cccs1. The third-order valence-corrected chi connectivity index (χ3v) is 5.50. The van der Waals surface area contributed by atoms with E-state index in [4.69, 9.17) is 9.47 Å². The first kappa shape index (κ1) is 21.1. The van der Waals surface area contributed by atoms with Crippen molar-refractivity contribution in [3.05, 3.63) is 57.8 Å². The number of ether oxygens (including phenoxy) is 2. The third kappa shape index (κ3) is 4.52. The molecule has 3 rings (SSSR count). The average Bonchev–Trinajstić information content (AvgIpc) is 3.30. The lowest BCUT2D eigenvalue weighted by Gasteiger charge is -2.24. The summed E-state index contributed by atoms with van der Waals surface area (Å²) < 4.78 is 10.8. The van der Waals surface area contributed by atoms with E-state index in [0.717, 1.165) is 4.88 Å². The zero-order chi connectivity index (χ0) is 21.0. The Kier molecular flexibility index (Phi) is 6.71. The first-order chi connectivity index (χ1) is 13.9. The summed E-state index contributed by atoms with van der Waals surface area (Å²) in [7, 11) is 1.59. The molecule has 0 radical (unpaired) electrons. The lowest BCUT2D eigenvalue weighted by Crippen LogP contribution is -2.31. The standard InChI is InChI=1S/C22H25NO5S/c1-14(2)28-16-8-4-7-15(13-16)20(24)18-19(17-9-5-12-29-17)23(10-6-11-27-3)22(26)21(18)25/h4-5,7-9,12-14,19,24H,6,10-11H2,1-3H3/b20-18-. The van der Waals surface area contributed by atoms with Crippen molar-refractivity contribution in [1.82, 2.24) is 4.90 Å². The van der Waals surface area contributed by atoms with Gasteiger partial charge in [-0.1, -0.05) is 18.2 Å². The molecule has 1 fully saturated rings. The zero-order valence-corrected chi connectivity index (χ0v) is 17.6. The fourth-order valence-corrected chi connectivity index (χ4v) is 4.22. The van der Waals surface area contributed by atoms with E-state index in [1.807, 2.05) is 31.4 Å². The highest BCUT2D eigenvalue weighted by Gasteiger charge is 2.46. The second-order valence-electron chi connectivity index (χ2n) is 7.05. The number of methoxy groups -OCH3 is 1. The smallest absolute Gasteiger partial charge is 0.295 e. The molecule has 1 aliphatic rings. The summed E-state index contributed by atoms with van der Waals surface area (Å²) >= 11 is 1.45. The molecule has 1 atom stereocenters. The van der Waals surface area contributed by atoms with Crippen molar-refractivity contribution in [2.45, 2.75) is 32.4 Å². The van der Waals surface area contributed by atoms with Crippen LogP contribution in [0.1, 0.15) is 36.8 Å². The van der Waals surface area contributed by atoms with E-state index in [0.29, 0.717) is 30.9 Å². The molecular weight excluding hydrogens is 390 g/mol. The van der Waals surface area contributed by atoms with Crippen molar-refractivity contribution in [1.29, 1.82) is 0 Å². The molecule has 0 saturated carbocycles. The third-order valence-electron chi connectivity index (χ3n) is 4.58. The van der Waals surface area contributed by atoms with Gasteiger partial charge in [-0.2, -0.15) is 0 Å². The fraction of sp³-hybridized carbons (Fsp3) is 0.364. The quantitative estimate of drug-likeness (QED) is 0.305. The molecule has 1 saturated heterocycles. The van der Waals surface area contributed by atoms with Gasteiger partial charge in [0.25, 0.3) is 11.7 Å². The number of nitrogens with zero attached hydrogens (tertiary/aromatic N) is 1. The Morgan fingerprint density at radius 2 is 2.03 bits per heavy atom. The van der Waals surface area contributed by atoms with Crippen molar-refractivity contribution in [3.63, 3.8) is 0 Å². The zero-order valence-electron chi connectivity index (χ0n) is 16.8. The summed E-state index contributed by atoms with van der Waals surface area (Å²) in [5.41, 5.74) is 0.552. The monoisotopic (exact) mass is 415 g/mol.